The van der Waals surface area contributed by atoms with Crippen LogP contribution in [-0.4, -0.2) is 37.5 Å². The monoisotopic (exact) mass is 281 g/mol. The number of halogens is 1. The summed E-state index contributed by atoms with van der Waals surface area (Å²) in [5, 5.41) is 0.771. The van der Waals surface area contributed by atoms with Gasteiger partial charge in [0.1, 0.15) is 5.78 Å². The maximum absolute atomic E-state index is 11.8. The van der Waals surface area contributed by atoms with Crippen molar-refractivity contribution in [2.75, 3.05) is 26.8 Å². The van der Waals surface area contributed by atoms with Crippen LogP contribution in [0.15, 0.2) is 24.3 Å². The number of carbonyl (C=O) groups is 1. The van der Waals surface area contributed by atoms with Gasteiger partial charge in [0, 0.05) is 24.0 Å². The highest BCUT2D eigenvalue weighted by Gasteiger charge is 2.26. The standard InChI is InChI=1S/C15H20ClNO2/c1-11(13-5-3-4-6-14(13)16)17(2)9-12-10-19-8-7-15(12)18/h3-6,11-12H,7-10H2,1-2H3. The molecule has 4 heteroatoms. The van der Waals surface area contributed by atoms with Crippen LogP contribution in [0.1, 0.15) is 24.9 Å². The number of carbonyl (C=O) groups excluding carboxylic acids is 1. The topological polar surface area (TPSA) is 29.5 Å². The van der Waals surface area contributed by atoms with Gasteiger partial charge < -0.3 is 4.74 Å². The molecular formula is C15H20ClNO2. The van der Waals surface area contributed by atoms with E-state index in [4.69, 9.17) is 16.3 Å². The van der Waals surface area contributed by atoms with Gasteiger partial charge in [0.15, 0.2) is 0 Å². The minimum Gasteiger partial charge on any atom is -0.380 e. The summed E-state index contributed by atoms with van der Waals surface area (Å²) in [5.41, 5.74) is 1.09. The predicted molar refractivity (Wildman–Crippen MR) is 76.4 cm³/mol. The van der Waals surface area contributed by atoms with Crippen molar-refractivity contribution in [1.29, 1.82) is 0 Å². The Balaban J connectivity index is 2.01. The van der Waals surface area contributed by atoms with Gasteiger partial charge in [-0.05, 0) is 25.6 Å². The van der Waals surface area contributed by atoms with Crippen LogP contribution in [0, 0.1) is 5.92 Å². The van der Waals surface area contributed by atoms with Crippen molar-refractivity contribution in [3.05, 3.63) is 34.9 Å². The van der Waals surface area contributed by atoms with Crippen molar-refractivity contribution in [3.63, 3.8) is 0 Å². The summed E-state index contributed by atoms with van der Waals surface area (Å²) < 4.78 is 5.39. The summed E-state index contributed by atoms with van der Waals surface area (Å²) in [5.74, 6) is 0.299. The van der Waals surface area contributed by atoms with Gasteiger partial charge in [-0.2, -0.15) is 0 Å². The molecule has 2 rings (SSSR count). The molecule has 1 aliphatic heterocycles. The first kappa shape index (κ1) is 14.5. The molecule has 1 fully saturated rings. The van der Waals surface area contributed by atoms with Crippen LogP contribution in [0.4, 0.5) is 0 Å². The minimum atomic E-state index is -0.0105. The molecule has 1 aromatic carbocycles. The molecule has 104 valence electrons. The summed E-state index contributed by atoms with van der Waals surface area (Å²) >= 11 is 6.22. The van der Waals surface area contributed by atoms with Crippen molar-refractivity contribution in [3.8, 4) is 0 Å². The van der Waals surface area contributed by atoms with E-state index < -0.39 is 0 Å². The molecule has 2 atom stereocenters. The molecule has 0 bridgehead atoms. The van der Waals surface area contributed by atoms with Gasteiger partial charge in [-0.1, -0.05) is 29.8 Å². The van der Waals surface area contributed by atoms with E-state index >= 15 is 0 Å². The number of nitrogens with zero attached hydrogens (tertiary/aromatic N) is 1. The van der Waals surface area contributed by atoms with E-state index in [1.807, 2.05) is 31.3 Å². The molecule has 1 heterocycles. The number of rotatable bonds is 4. The number of ether oxygens (including phenoxy) is 1. The lowest BCUT2D eigenvalue weighted by Crippen LogP contribution is -2.37. The highest BCUT2D eigenvalue weighted by Crippen LogP contribution is 2.27. The van der Waals surface area contributed by atoms with Crippen LogP contribution in [0.25, 0.3) is 0 Å². The Morgan fingerprint density at radius 1 is 1.47 bits per heavy atom. The summed E-state index contributed by atoms with van der Waals surface area (Å²) in [6.45, 7) is 3.93. The van der Waals surface area contributed by atoms with E-state index in [0.29, 0.717) is 32.0 Å². The molecule has 0 amide bonds. The average Bonchev–Trinajstić information content (AvgIpc) is 2.41. The smallest absolute Gasteiger partial charge is 0.141 e. The minimum absolute atomic E-state index is 0.0105. The van der Waals surface area contributed by atoms with Gasteiger partial charge in [-0.25, -0.2) is 0 Å². The number of ketones is 1. The molecule has 1 aliphatic rings. The van der Waals surface area contributed by atoms with Crippen LogP contribution in [-0.2, 0) is 9.53 Å². The van der Waals surface area contributed by atoms with Gasteiger partial charge in [0.25, 0.3) is 0 Å². The lowest BCUT2D eigenvalue weighted by atomic mass is 9.98. The molecule has 0 aromatic heterocycles. The first-order valence-electron chi connectivity index (χ1n) is 6.64. The molecule has 0 N–H and O–H groups in total. The van der Waals surface area contributed by atoms with Gasteiger partial charge in [-0.3, -0.25) is 9.69 Å². The second-order valence-corrected chi connectivity index (χ2v) is 5.53. The van der Waals surface area contributed by atoms with Crippen molar-refractivity contribution >= 4 is 17.4 Å². The summed E-state index contributed by atoms with van der Waals surface area (Å²) in [4.78, 5) is 14.0. The zero-order chi connectivity index (χ0) is 13.8. The molecule has 2 unspecified atom stereocenters. The van der Waals surface area contributed by atoms with Crippen LogP contribution < -0.4 is 0 Å². The van der Waals surface area contributed by atoms with Crippen molar-refractivity contribution in [2.24, 2.45) is 5.92 Å². The van der Waals surface area contributed by atoms with E-state index in [0.717, 1.165) is 10.6 Å². The van der Waals surface area contributed by atoms with E-state index in [2.05, 4.69) is 11.8 Å². The lowest BCUT2D eigenvalue weighted by Gasteiger charge is -2.30. The number of hydrogen-bond acceptors (Lipinski definition) is 3. The van der Waals surface area contributed by atoms with E-state index in [1.165, 1.54) is 0 Å². The highest BCUT2D eigenvalue weighted by atomic mass is 35.5. The van der Waals surface area contributed by atoms with Crippen molar-refractivity contribution < 1.29 is 9.53 Å². The molecule has 3 nitrogen and oxygen atoms in total. The Labute approximate surface area is 119 Å². The second kappa shape index (κ2) is 6.51. The van der Waals surface area contributed by atoms with E-state index in [9.17, 15) is 4.79 Å². The maximum atomic E-state index is 11.8. The number of Topliss-reactive ketones (excluding diaryl/α,β-unsaturated/α-hetero) is 1. The zero-order valence-electron chi connectivity index (χ0n) is 11.4. The Morgan fingerprint density at radius 3 is 2.89 bits per heavy atom. The quantitative estimate of drug-likeness (QED) is 0.850. The SMILES string of the molecule is CC(c1ccccc1Cl)N(C)CC1COCCC1=O. The number of hydrogen-bond donors (Lipinski definition) is 0. The third-order valence-corrected chi connectivity index (χ3v) is 4.14. The summed E-state index contributed by atoms with van der Waals surface area (Å²) in [6.07, 6.45) is 0.541. The largest absolute Gasteiger partial charge is 0.380 e. The fourth-order valence-corrected chi connectivity index (χ4v) is 2.70. The van der Waals surface area contributed by atoms with Crippen LogP contribution in [0.2, 0.25) is 5.02 Å². The third kappa shape index (κ3) is 3.56. The normalized spacial score (nSPS) is 21.7. The van der Waals surface area contributed by atoms with Crippen molar-refractivity contribution in [2.45, 2.75) is 19.4 Å². The first-order valence-corrected chi connectivity index (χ1v) is 7.02. The third-order valence-electron chi connectivity index (χ3n) is 3.79. The molecule has 0 saturated carbocycles. The Kier molecular flexibility index (Phi) is 4.97. The van der Waals surface area contributed by atoms with Crippen LogP contribution >= 0.6 is 11.6 Å². The Bertz CT molecular complexity index is 450. The van der Waals surface area contributed by atoms with E-state index in [1.54, 1.807) is 0 Å². The Morgan fingerprint density at radius 2 is 2.21 bits per heavy atom. The lowest BCUT2D eigenvalue weighted by molar-refractivity contribution is -0.131. The molecule has 1 saturated heterocycles. The fraction of sp³-hybridized carbons (Fsp3) is 0.533. The van der Waals surface area contributed by atoms with Gasteiger partial charge in [-0.15, -0.1) is 0 Å². The molecule has 1 aromatic rings. The summed E-state index contributed by atoms with van der Waals surface area (Å²) in [6, 6.07) is 8.03. The Hall–Kier alpha value is -0.900. The van der Waals surface area contributed by atoms with E-state index in [-0.39, 0.29) is 12.0 Å². The summed E-state index contributed by atoms with van der Waals surface area (Å²) in [7, 11) is 2.02. The highest BCUT2D eigenvalue weighted by molar-refractivity contribution is 6.31. The van der Waals surface area contributed by atoms with Crippen LogP contribution in [0.5, 0.6) is 0 Å². The van der Waals surface area contributed by atoms with Crippen molar-refractivity contribution in [1.82, 2.24) is 4.90 Å². The number of benzene rings is 1. The second-order valence-electron chi connectivity index (χ2n) is 5.13. The van der Waals surface area contributed by atoms with Gasteiger partial charge in [0.2, 0.25) is 0 Å². The average molecular weight is 282 g/mol. The first-order chi connectivity index (χ1) is 9.09. The maximum Gasteiger partial charge on any atom is 0.141 e. The molecule has 0 aliphatic carbocycles. The molecule has 0 radical (unpaired) electrons. The fourth-order valence-electron chi connectivity index (χ4n) is 2.41. The molecule has 19 heavy (non-hydrogen) atoms. The molecule has 0 spiro atoms. The zero-order valence-corrected chi connectivity index (χ0v) is 12.2. The molecular weight excluding hydrogens is 262 g/mol. The predicted octanol–water partition coefficient (Wildman–Crippen LogP) is 2.94. The van der Waals surface area contributed by atoms with Gasteiger partial charge in [0.05, 0.1) is 19.1 Å². The van der Waals surface area contributed by atoms with Gasteiger partial charge >= 0.3 is 0 Å². The van der Waals surface area contributed by atoms with Crippen LogP contribution in [0.3, 0.4) is 0 Å².